The second-order valence-corrected chi connectivity index (χ2v) is 8.96. The number of hydrogen-bond donors (Lipinski definition) is 1. The third kappa shape index (κ3) is 2.29. The number of oxazole rings is 1. The molecule has 2 aromatic rings. The third-order valence-corrected chi connectivity index (χ3v) is 7.65. The number of aromatic nitrogens is 1. The lowest BCUT2D eigenvalue weighted by atomic mass is 9.58. The molecular weight excluding hydrogens is 354 g/mol. The number of fused-ring (bicyclic) bond motifs is 1. The number of carbonyl (C=O) groups excluding carboxylic acids is 1. The van der Waals surface area contributed by atoms with E-state index in [1.807, 2.05) is 18.2 Å². The van der Waals surface area contributed by atoms with Gasteiger partial charge < -0.3 is 19.5 Å². The summed E-state index contributed by atoms with van der Waals surface area (Å²) < 4.78 is 6.00. The highest BCUT2D eigenvalue weighted by atomic mass is 16.4. The lowest BCUT2D eigenvalue weighted by molar-refractivity contribution is -0.0859. The quantitative estimate of drug-likeness (QED) is 0.870. The minimum atomic E-state index is -0.0125. The van der Waals surface area contributed by atoms with Crippen molar-refractivity contribution in [2.45, 2.75) is 30.8 Å². The van der Waals surface area contributed by atoms with Crippen molar-refractivity contribution in [3.63, 3.8) is 0 Å². The first-order chi connectivity index (χ1) is 13.6. The van der Waals surface area contributed by atoms with Crippen LogP contribution >= 0.6 is 0 Å². The Balaban J connectivity index is 1.22. The summed E-state index contributed by atoms with van der Waals surface area (Å²) >= 11 is 0. The van der Waals surface area contributed by atoms with Crippen molar-refractivity contribution >= 4 is 23.0 Å². The molecule has 1 amide bonds. The van der Waals surface area contributed by atoms with Gasteiger partial charge in [-0.3, -0.25) is 9.69 Å². The fourth-order valence-corrected chi connectivity index (χ4v) is 5.85. The van der Waals surface area contributed by atoms with Gasteiger partial charge in [-0.2, -0.15) is 4.98 Å². The summed E-state index contributed by atoms with van der Waals surface area (Å²) in [6, 6.07) is 6.60. The molecule has 3 saturated heterocycles. The third-order valence-electron chi connectivity index (χ3n) is 7.65. The largest absolute Gasteiger partial charge is 0.423 e. The highest BCUT2D eigenvalue weighted by Gasteiger charge is 2.64. The van der Waals surface area contributed by atoms with Gasteiger partial charge in [0.2, 0.25) is 0 Å². The molecule has 4 heterocycles. The van der Waals surface area contributed by atoms with Gasteiger partial charge >= 0.3 is 0 Å². The molecule has 4 fully saturated rings. The number of piperazine rings is 1. The van der Waals surface area contributed by atoms with E-state index >= 15 is 0 Å². The lowest BCUT2D eigenvalue weighted by Gasteiger charge is -2.61. The Bertz CT molecular complexity index is 934. The number of nitrogens with zero attached hydrogens (tertiary/aromatic N) is 4. The summed E-state index contributed by atoms with van der Waals surface area (Å²) in [7, 11) is 2.13. The van der Waals surface area contributed by atoms with E-state index in [1.54, 1.807) is 0 Å². The van der Waals surface area contributed by atoms with Crippen LogP contribution in [0.25, 0.3) is 11.1 Å². The topological polar surface area (TPSA) is 64.8 Å². The Morgan fingerprint density at radius 2 is 2.07 bits per heavy atom. The molecule has 1 N–H and O–H groups in total. The van der Waals surface area contributed by atoms with Crippen molar-refractivity contribution in [3.05, 3.63) is 23.8 Å². The number of carbonyl (C=O) groups is 1. The fourth-order valence-electron chi connectivity index (χ4n) is 5.85. The van der Waals surface area contributed by atoms with Crippen LogP contribution < -0.4 is 10.2 Å². The minimum Gasteiger partial charge on any atom is -0.423 e. The van der Waals surface area contributed by atoms with Crippen LogP contribution in [0.4, 0.5) is 6.01 Å². The molecule has 28 heavy (non-hydrogen) atoms. The normalized spacial score (nSPS) is 32.5. The molecule has 1 aromatic carbocycles. The van der Waals surface area contributed by atoms with Gasteiger partial charge in [0.1, 0.15) is 5.52 Å². The van der Waals surface area contributed by atoms with E-state index in [0.29, 0.717) is 40.2 Å². The number of nitrogens with one attached hydrogen (secondary N) is 1. The van der Waals surface area contributed by atoms with Crippen LogP contribution in [0.1, 0.15) is 29.6 Å². The maximum absolute atomic E-state index is 13.1. The molecule has 3 aliphatic heterocycles. The maximum atomic E-state index is 13.1. The number of para-hydroxylation sites is 1. The summed E-state index contributed by atoms with van der Waals surface area (Å²) in [5.74, 6) is 0.615. The molecule has 1 aromatic heterocycles. The average Bonchev–Trinajstić information content (AvgIpc) is 3.18. The first-order valence-electron chi connectivity index (χ1n) is 10.5. The number of benzene rings is 1. The predicted molar refractivity (Wildman–Crippen MR) is 107 cm³/mol. The van der Waals surface area contributed by atoms with E-state index in [-0.39, 0.29) is 5.91 Å². The molecule has 148 valence electrons. The molecule has 7 heteroatoms. The smallest absolute Gasteiger partial charge is 0.298 e. The number of likely N-dealkylation sites (N-methyl/N-ethyl adjacent to an activating group) is 1. The number of hydrogen-bond acceptors (Lipinski definition) is 6. The first-order valence-corrected chi connectivity index (χ1v) is 10.5. The lowest BCUT2D eigenvalue weighted by Crippen LogP contribution is -2.72. The van der Waals surface area contributed by atoms with Gasteiger partial charge in [0, 0.05) is 44.3 Å². The zero-order valence-electron chi connectivity index (χ0n) is 16.4. The molecule has 1 spiro atoms. The zero-order valence-corrected chi connectivity index (χ0v) is 16.4. The number of anilines is 1. The van der Waals surface area contributed by atoms with Crippen LogP contribution in [-0.4, -0.2) is 78.6 Å². The molecular formula is C21H27N5O2. The van der Waals surface area contributed by atoms with Crippen LogP contribution in [0.15, 0.2) is 22.6 Å². The van der Waals surface area contributed by atoms with E-state index < -0.39 is 0 Å². The molecule has 3 unspecified atom stereocenters. The highest BCUT2D eigenvalue weighted by molar-refractivity contribution is 6.05. The van der Waals surface area contributed by atoms with Crippen LogP contribution in [0, 0.1) is 5.92 Å². The molecule has 1 saturated carbocycles. The van der Waals surface area contributed by atoms with E-state index in [9.17, 15) is 4.79 Å². The Labute approximate surface area is 164 Å². The predicted octanol–water partition coefficient (Wildman–Crippen LogP) is 1.55. The number of rotatable bonds is 3. The van der Waals surface area contributed by atoms with Gasteiger partial charge in [0.15, 0.2) is 5.58 Å². The number of amides is 1. The fraction of sp³-hybridized carbons (Fsp3) is 0.619. The van der Waals surface area contributed by atoms with Crippen molar-refractivity contribution < 1.29 is 9.21 Å². The zero-order chi connectivity index (χ0) is 18.9. The van der Waals surface area contributed by atoms with Crippen molar-refractivity contribution in [1.29, 1.82) is 0 Å². The molecule has 4 aliphatic rings. The molecule has 0 radical (unpaired) electrons. The minimum absolute atomic E-state index is 0.0125. The summed E-state index contributed by atoms with van der Waals surface area (Å²) in [5.41, 5.74) is 2.43. The summed E-state index contributed by atoms with van der Waals surface area (Å²) in [5, 5.41) is 3.30. The Morgan fingerprint density at radius 3 is 2.86 bits per heavy atom. The Kier molecular flexibility index (Phi) is 3.56. The van der Waals surface area contributed by atoms with Gasteiger partial charge in [0.05, 0.1) is 5.56 Å². The van der Waals surface area contributed by atoms with Gasteiger partial charge in [-0.25, -0.2) is 0 Å². The van der Waals surface area contributed by atoms with Gasteiger partial charge in [-0.15, -0.1) is 0 Å². The van der Waals surface area contributed by atoms with E-state index in [2.05, 4.69) is 27.1 Å². The standard InChI is InChI=1S/C21H27N5O2/c1-24-9-11-25(12-10-24)20-23-18-14(3-2-4-17(18)28-20)19(27)22-16-13-21-6-8-26(21)7-5-15(16)21/h2-4,15-16H,5-13H2,1H3,(H,22,27). The van der Waals surface area contributed by atoms with E-state index in [1.165, 1.54) is 25.9 Å². The van der Waals surface area contributed by atoms with E-state index in [0.717, 1.165) is 32.6 Å². The van der Waals surface area contributed by atoms with Crippen LogP contribution in [-0.2, 0) is 0 Å². The van der Waals surface area contributed by atoms with Crippen LogP contribution in [0.2, 0.25) is 0 Å². The molecule has 6 rings (SSSR count). The SMILES string of the molecule is CN1CCN(c2nc3c(C(=O)NC4CC56CCN5CCC46)cccc3o2)CC1. The molecule has 0 bridgehead atoms. The molecule has 1 aliphatic carbocycles. The second-order valence-electron chi connectivity index (χ2n) is 8.96. The van der Waals surface area contributed by atoms with Gasteiger partial charge in [0.25, 0.3) is 11.9 Å². The van der Waals surface area contributed by atoms with Crippen LogP contribution in [0.3, 0.4) is 0 Å². The summed E-state index contributed by atoms with van der Waals surface area (Å²) in [6.45, 7) is 6.22. The van der Waals surface area contributed by atoms with Crippen molar-refractivity contribution in [1.82, 2.24) is 20.1 Å². The van der Waals surface area contributed by atoms with Crippen molar-refractivity contribution in [3.8, 4) is 0 Å². The average molecular weight is 381 g/mol. The Morgan fingerprint density at radius 1 is 1.21 bits per heavy atom. The highest BCUT2D eigenvalue weighted by Crippen LogP contribution is 2.57. The molecule has 3 atom stereocenters. The second kappa shape index (κ2) is 5.94. The summed E-state index contributed by atoms with van der Waals surface area (Å²) in [4.78, 5) is 24.8. The monoisotopic (exact) mass is 381 g/mol. The van der Waals surface area contributed by atoms with Crippen LogP contribution in [0.5, 0.6) is 0 Å². The van der Waals surface area contributed by atoms with Crippen molar-refractivity contribution in [2.24, 2.45) is 5.92 Å². The summed E-state index contributed by atoms with van der Waals surface area (Å²) in [6.07, 6.45) is 3.62. The maximum Gasteiger partial charge on any atom is 0.298 e. The van der Waals surface area contributed by atoms with Gasteiger partial charge in [-0.1, -0.05) is 6.07 Å². The molecule has 7 nitrogen and oxygen atoms in total. The van der Waals surface area contributed by atoms with Gasteiger partial charge in [-0.05, 0) is 50.9 Å². The first kappa shape index (κ1) is 16.8. The van der Waals surface area contributed by atoms with E-state index in [4.69, 9.17) is 9.40 Å². The van der Waals surface area contributed by atoms with Crippen molar-refractivity contribution in [2.75, 3.05) is 51.2 Å². The Hall–Kier alpha value is -2.12.